The predicted octanol–water partition coefficient (Wildman–Crippen LogP) is 0.718. The van der Waals surface area contributed by atoms with Gasteiger partial charge in [0, 0.05) is 0 Å². The van der Waals surface area contributed by atoms with Crippen LogP contribution >= 0.6 is 0 Å². The largest absolute Gasteiger partial charge is 0.459 e. The van der Waals surface area contributed by atoms with Crippen molar-refractivity contribution < 1.29 is 32.2 Å². The first-order chi connectivity index (χ1) is 14.8. The second kappa shape index (κ2) is 7.97. The minimum absolute atomic E-state index is 0.171. The number of sulfonamides is 1. The van der Waals surface area contributed by atoms with Gasteiger partial charge in [-0.3, -0.25) is 14.5 Å². The van der Waals surface area contributed by atoms with Gasteiger partial charge in [0.1, 0.15) is 29.0 Å². The third kappa shape index (κ3) is 3.69. The second-order valence-corrected chi connectivity index (χ2v) is 11.6. The molecule has 5 aliphatic rings. The molecular weight excluding hydrogens is 424 g/mol. The molecule has 4 aliphatic heterocycles. The summed E-state index contributed by atoms with van der Waals surface area (Å²) in [5.41, 5.74) is -0.519. The van der Waals surface area contributed by atoms with E-state index in [1.54, 1.807) is 0 Å². The Morgan fingerprint density at radius 2 is 1.81 bits per heavy atom. The quantitative estimate of drug-likeness (QED) is 0.582. The van der Waals surface area contributed by atoms with Gasteiger partial charge in [0.15, 0.2) is 0 Å². The lowest BCUT2D eigenvalue weighted by Crippen LogP contribution is -2.52. The van der Waals surface area contributed by atoms with Gasteiger partial charge in [0.05, 0.1) is 18.7 Å². The number of nitrogens with one attached hydrogen (secondary N) is 1. The number of nitrogens with zero attached hydrogens (tertiary/aromatic N) is 1. The Labute approximate surface area is 183 Å². The van der Waals surface area contributed by atoms with Crippen molar-refractivity contribution in [2.45, 2.75) is 93.5 Å². The lowest BCUT2D eigenvalue weighted by Gasteiger charge is -2.33. The zero-order valence-electron chi connectivity index (χ0n) is 18.0. The molecular formula is C21H32N2O7S. The van der Waals surface area contributed by atoms with Crippen molar-refractivity contribution in [2.75, 3.05) is 19.6 Å². The van der Waals surface area contributed by atoms with E-state index in [4.69, 9.17) is 14.2 Å². The lowest BCUT2D eigenvalue weighted by atomic mass is 9.83. The van der Waals surface area contributed by atoms with Crippen molar-refractivity contribution in [1.82, 2.24) is 9.62 Å². The summed E-state index contributed by atoms with van der Waals surface area (Å²) in [7, 11) is -3.76. The van der Waals surface area contributed by atoms with Gasteiger partial charge in [0.25, 0.3) is 0 Å². The van der Waals surface area contributed by atoms with E-state index < -0.39 is 63.1 Å². The number of hydrogen-bond acceptors (Lipinski definition) is 8. The highest BCUT2D eigenvalue weighted by atomic mass is 32.2. The van der Waals surface area contributed by atoms with E-state index in [1.165, 1.54) is 6.42 Å². The Balaban J connectivity index is 1.32. The highest BCUT2D eigenvalue weighted by molar-refractivity contribution is 7.90. The zero-order valence-corrected chi connectivity index (χ0v) is 18.8. The fourth-order valence-corrected chi connectivity index (χ4v) is 8.24. The molecule has 0 aromatic carbocycles. The van der Waals surface area contributed by atoms with Crippen molar-refractivity contribution in [3.05, 3.63) is 0 Å². The number of fused-ring (bicyclic) bond motifs is 1. The van der Waals surface area contributed by atoms with Gasteiger partial charge >= 0.3 is 11.9 Å². The Morgan fingerprint density at radius 1 is 1.10 bits per heavy atom. The Bertz CT molecular complexity index is 835. The average Bonchev–Trinajstić information content (AvgIpc) is 3.46. The maximum absolute atomic E-state index is 13.2. The van der Waals surface area contributed by atoms with Crippen LogP contribution in [0.4, 0.5) is 0 Å². The minimum Gasteiger partial charge on any atom is -0.459 e. The summed E-state index contributed by atoms with van der Waals surface area (Å²) in [6, 6.07) is -0.638. The highest BCUT2D eigenvalue weighted by Crippen LogP contribution is 2.49. The van der Waals surface area contributed by atoms with Gasteiger partial charge in [-0.05, 0) is 58.0 Å². The molecule has 4 heterocycles. The van der Waals surface area contributed by atoms with Crippen LogP contribution in [-0.2, 0) is 33.8 Å². The normalized spacial score (nSPS) is 40.2. The van der Waals surface area contributed by atoms with Gasteiger partial charge in [0.2, 0.25) is 10.0 Å². The third-order valence-electron chi connectivity index (χ3n) is 7.85. The summed E-state index contributed by atoms with van der Waals surface area (Å²) in [5.74, 6) is -1.92. The van der Waals surface area contributed by atoms with E-state index in [0.29, 0.717) is 6.42 Å². The number of ether oxygens (including phenoxy) is 3. The van der Waals surface area contributed by atoms with Gasteiger partial charge < -0.3 is 14.2 Å². The number of rotatable bonds is 6. The Morgan fingerprint density at radius 3 is 2.48 bits per heavy atom. The van der Waals surface area contributed by atoms with Crippen LogP contribution in [-0.4, -0.2) is 80.1 Å². The molecule has 4 saturated heterocycles. The van der Waals surface area contributed by atoms with Crippen molar-refractivity contribution >= 4 is 22.0 Å². The fraction of sp³-hybridized carbons (Fsp3) is 0.905. The molecule has 1 N–H and O–H groups in total. The molecule has 9 nitrogen and oxygen atoms in total. The average molecular weight is 457 g/mol. The SMILES string of the molecule is CCC1(OC(=O)C2C3OC4C(NS(=O)(=O)C42)C3OC(=O)CN2CCCCC2)CCCC1. The molecule has 1 saturated carbocycles. The molecule has 6 unspecified atom stereocenters. The van der Waals surface area contributed by atoms with Crippen LogP contribution in [0, 0.1) is 5.92 Å². The van der Waals surface area contributed by atoms with Crippen LogP contribution in [0.5, 0.6) is 0 Å². The van der Waals surface area contributed by atoms with E-state index in [9.17, 15) is 18.0 Å². The second-order valence-electron chi connectivity index (χ2n) is 9.70. The van der Waals surface area contributed by atoms with E-state index in [2.05, 4.69) is 9.62 Å². The maximum Gasteiger partial charge on any atom is 0.320 e. The summed E-state index contributed by atoms with van der Waals surface area (Å²) in [6.45, 7) is 3.87. The molecule has 31 heavy (non-hydrogen) atoms. The molecule has 5 fully saturated rings. The monoisotopic (exact) mass is 456 g/mol. The first-order valence-electron chi connectivity index (χ1n) is 11.6. The summed E-state index contributed by atoms with van der Waals surface area (Å²) >= 11 is 0. The summed E-state index contributed by atoms with van der Waals surface area (Å²) < 4.78 is 45.8. The number of piperidine rings is 1. The van der Waals surface area contributed by atoms with Crippen LogP contribution in [0.2, 0.25) is 0 Å². The molecule has 1 aliphatic carbocycles. The van der Waals surface area contributed by atoms with Crippen molar-refractivity contribution in [1.29, 1.82) is 0 Å². The highest BCUT2D eigenvalue weighted by Gasteiger charge is 2.72. The lowest BCUT2D eigenvalue weighted by molar-refractivity contribution is -0.172. The van der Waals surface area contributed by atoms with E-state index >= 15 is 0 Å². The number of carbonyl (C=O) groups is 2. The van der Waals surface area contributed by atoms with Crippen LogP contribution < -0.4 is 4.72 Å². The zero-order chi connectivity index (χ0) is 21.8. The van der Waals surface area contributed by atoms with Gasteiger partial charge in [-0.25, -0.2) is 13.1 Å². The first-order valence-corrected chi connectivity index (χ1v) is 13.2. The Hall–Kier alpha value is -1.23. The summed E-state index contributed by atoms with van der Waals surface area (Å²) in [4.78, 5) is 27.9. The van der Waals surface area contributed by atoms with Crippen LogP contribution in [0.25, 0.3) is 0 Å². The van der Waals surface area contributed by atoms with Crippen molar-refractivity contribution in [3.8, 4) is 0 Å². The van der Waals surface area contributed by atoms with Crippen LogP contribution in [0.3, 0.4) is 0 Å². The number of hydrogen-bond donors (Lipinski definition) is 1. The molecule has 0 spiro atoms. The van der Waals surface area contributed by atoms with E-state index in [-0.39, 0.29) is 6.54 Å². The molecule has 10 heteroatoms. The molecule has 0 aromatic heterocycles. The van der Waals surface area contributed by atoms with Gasteiger partial charge in [-0.1, -0.05) is 13.3 Å². The Kier molecular flexibility index (Phi) is 5.55. The van der Waals surface area contributed by atoms with Gasteiger partial charge in [-0.2, -0.15) is 0 Å². The minimum atomic E-state index is -3.76. The topological polar surface area (TPSA) is 111 Å². The summed E-state index contributed by atoms with van der Waals surface area (Å²) in [5, 5.41) is -0.984. The van der Waals surface area contributed by atoms with E-state index in [0.717, 1.165) is 51.6 Å². The smallest absolute Gasteiger partial charge is 0.320 e. The molecule has 0 amide bonds. The molecule has 5 rings (SSSR count). The van der Waals surface area contributed by atoms with E-state index in [1.807, 2.05) is 6.92 Å². The standard InChI is InChI=1S/C21H32N2O7S/c1-2-21(8-4-5-9-21)30-20(25)14-16-17(15-18(29-16)19(14)31(26,27)22-15)28-13(24)12-23-10-6-3-7-11-23/h14-19,22H,2-12H2,1H3. The molecule has 0 aromatic rings. The maximum atomic E-state index is 13.2. The van der Waals surface area contributed by atoms with Crippen molar-refractivity contribution in [3.63, 3.8) is 0 Å². The number of esters is 2. The third-order valence-corrected chi connectivity index (χ3v) is 9.73. The first kappa shape index (κ1) is 21.6. The van der Waals surface area contributed by atoms with Crippen LogP contribution in [0.15, 0.2) is 0 Å². The molecule has 2 bridgehead atoms. The molecule has 174 valence electrons. The van der Waals surface area contributed by atoms with Gasteiger partial charge in [-0.15, -0.1) is 0 Å². The molecule has 0 radical (unpaired) electrons. The predicted molar refractivity (Wildman–Crippen MR) is 110 cm³/mol. The fourth-order valence-electron chi connectivity index (χ4n) is 6.20. The molecule has 6 atom stereocenters. The van der Waals surface area contributed by atoms with Crippen LogP contribution in [0.1, 0.15) is 58.3 Å². The van der Waals surface area contributed by atoms with Crippen molar-refractivity contribution in [2.24, 2.45) is 5.92 Å². The number of likely N-dealkylation sites (tertiary alicyclic amines) is 1. The summed E-state index contributed by atoms with van der Waals surface area (Å²) in [6.07, 6.45) is 5.27. The number of carbonyl (C=O) groups excluding carboxylic acids is 2.